The second-order valence-corrected chi connectivity index (χ2v) is 2.84. The van der Waals surface area contributed by atoms with Crippen molar-refractivity contribution in [2.75, 3.05) is 7.11 Å². The van der Waals surface area contributed by atoms with Crippen LogP contribution in [0.25, 0.3) is 10.9 Å². The number of hydrogen-bond acceptors (Lipinski definition) is 2. The van der Waals surface area contributed by atoms with Crippen LogP contribution >= 0.6 is 0 Å². The molecule has 1 aromatic heterocycles. The van der Waals surface area contributed by atoms with Crippen molar-refractivity contribution in [1.82, 2.24) is 4.98 Å². The van der Waals surface area contributed by atoms with Crippen molar-refractivity contribution in [3.05, 3.63) is 42.8 Å². The molecule has 2 heteroatoms. The third-order valence-corrected chi connectivity index (χ3v) is 1.99. The summed E-state index contributed by atoms with van der Waals surface area (Å²) in [6, 6.07) is 9.72. The summed E-state index contributed by atoms with van der Waals surface area (Å²) in [6.07, 6.45) is 0. The first-order valence-corrected chi connectivity index (χ1v) is 4.07. The fourth-order valence-corrected chi connectivity index (χ4v) is 1.33. The Labute approximate surface area is 77.2 Å². The zero-order valence-corrected chi connectivity index (χ0v) is 7.45. The van der Waals surface area contributed by atoms with E-state index in [1.807, 2.05) is 30.3 Å². The molecule has 65 valence electrons. The molecule has 0 saturated heterocycles. The molecule has 0 amide bonds. The molecule has 0 aliphatic rings. The SMILES string of the molecule is [CH2]c1cc(OC)nc2ccccc12. The standard InChI is InChI=1S/C11H10NO/c1-8-7-11(13-2)12-10-6-4-3-5-9(8)10/h3-7H,1H2,2H3. The summed E-state index contributed by atoms with van der Waals surface area (Å²) in [6.45, 7) is 3.94. The van der Waals surface area contributed by atoms with Gasteiger partial charge in [0.2, 0.25) is 5.88 Å². The highest BCUT2D eigenvalue weighted by Gasteiger charge is 2.00. The van der Waals surface area contributed by atoms with E-state index >= 15 is 0 Å². The van der Waals surface area contributed by atoms with Crippen LogP contribution in [0, 0.1) is 6.92 Å². The molecule has 2 rings (SSSR count). The number of ether oxygens (including phenoxy) is 1. The number of methoxy groups -OCH3 is 1. The van der Waals surface area contributed by atoms with Crippen LogP contribution in [0.5, 0.6) is 5.88 Å². The van der Waals surface area contributed by atoms with Gasteiger partial charge in [-0.25, -0.2) is 4.98 Å². The number of pyridine rings is 1. The third-order valence-electron chi connectivity index (χ3n) is 1.99. The normalized spacial score (nSPS) is 10.3. The van der Waals surface area contributed by atoms with Gasteiger partial charge in [-0.2, -0.15) is 0 Å². The number of para-hydroxylation sites is 1. The van der Waals surface area contributed by atoms with Crippen molar-refractivity contribution in [2.45, 2.75) is 0 Å². The maximum Gasteiger partial charge on any atom is 0.213 e. The van der Waals surface area contributed by atoms with Crippen LogP contribution in [0.2, 0.25) is 0 Å². The summed E-state index contributed by atoms with van der Waals surface area (Å²) in [5, 5.41) is 1.07. The predicted octanol–water partition coefficient (Wildman–Crippen LogP) is 2.43. The Morgan fingerprint density at radius 3 is 2.85 bits per heavy atom. The van der Waals surface area contributed by atoms with Gasteiger partial charge >= 0.3 is 0 Å². The van der Waals surface area contributed by atoms with Crippen molar-refractivity contribution in [2.24, 2.45) is 0 Å². The van der Waals surface area contributed by atoms with E-state index in [9.17, 15) is 0 Å². The van der Waals surface area contributed by atoms with Gasteiger partial charge in [-0.05, 0) is 18.6 Å². The number of fused-ring (bicyclic) bond motifs is 1. The van der Waals surface area contributed by atoms with Gasteiger partial charge in [-0.3, -0.25) is 0 Å². The molecule has 0 spiro atoms. The number of benzene rings is 1. The summed E-state index contributed by atoms with van der Waals surface area (Å²) in [5.74, 6) is 0.615. The lowest BCUT2D eigenvalue weighted by Crippen LogP contribution is -1.89. The molecular weight excluding hydrogens is 162 g/mol. The average molecular weight is 172 g/mol. The van der Waals surface area contributed by atoms with Gasteiger partial charge in [0.05, 0.1) is 12.6 Å². The van der Waals surface area contributed by atoms with Gasteiger partial charge in [0, 0.05) is 11.5 Å². The molecule has 2 aromatic rings. The molecule has 1 radical (unpaired) electrons. The summed E-state index contributed by atoms with van der Waals surface area (Å²) in [4.78, 5) is 4.29. The minimum atomic E-state index is 0.615. The van der Waals surface area contributed by atoms with Crippen LogP contribution in [0.1, 0.15) is 5.56 Å². The van der Waals surface area contributed by atoms with Gasteiger partial charge in [0.1, 0.15) is 0 Å². The highest BCUT2D eigenvalue weighted by atomic mass is 16.5. The van der Waals surface area contributed by atoms with Crippen LogP contribution in [0.4, 0.5) is 0 Å². The molecule has 0 aliphatic heterocycles. The number of aromatic nitrogens is 1. The number of hydrogen-bond donors (Lipinski definition) is 0. The van der Waals surface area contributed by atoms with E-state index in [0.29, 0.717) is 5.88 Å². The molecule has 0 aliphatic carbocycles. The lowest BCUT2D eigenvalue weighted by atomic mass is 10.1. The van der Waals surface area contributed by atoms with Gasteiger partial charge in [-0.15, -0.1) is 0 Å². The van der Waals surface area contributed by atoms with Crippen molar-refractivity contribution >= 4 is 10.9 Å². The van der Waals surface area contributed by atoms with E-state index in [0.717, 1.165) is 16.5 Å². The molecule has 13 heavy (non-hydrogen) atoms. The first-order chi connectivity index (χ1) is 6.31. The first-order valence-electron chi connectivity index (χ1n) is 4.07. The second kappa shape index (κ2) is 3.05. The van der Waals surface area contributed by atoms with Gasteiger partial charge in [0.25, 0.3) is 0 Å². The van der Waals surface area contributed by atoms with Crippen LogP contribution in [-0.2, 0) is 0 Å². The molecular formula is C11H10NO. The number of nitrogens with zero attached hydrogens (tertiary/aromatic N) is 1. The van der Waals surface area contributed by atoms with Gasteiger partial charge < -0.3 is 4.74 Å². The van der Waals surface area contributed by atoms with E-state index in [2.05, 4.69) is 11.9 Å². The fraction of sp³-hybridized carbons (Fsp3) is 0.0909. The van der Waals surface area contributed by atoms with E-state index in [1.54, 1.807) is 7.11 Å². The van der Waals surface area contributed by atoms with E-state index in [1.165, 1.54) is 0 Å². The quantitative estimate of drug-likeness (QED) is 0.659. The summed E-state index contributed by atoms with van der Waals surface area (Å²) in [5.41, 5.74) is 1.87. The predicted molar refractivity (Wildman–Crippen MR) is 52.8 cm³/mol. The van der Waals surface area contributed by atoms with Crippen molar-refractivity contribution in [3.63, 3.8) is 0 Å². The van der Waals surface area contributed by atoms with Gasteiger partial charge in [-0.1, -0.05) is 18.2 Å². The average Bonchev–Trinajstić information content (AvgIpc) is 2.18. The Bertz CT molecular complexity index is 437. The minimum absolute atomic E-state index is 0.615. The van der Waals surface area contributed by atoms with Crippen molar-refractivity contribution < 1.29 is 4.74 Å². The molecule has 1 heterocycles. The Morgan fingerprint density at radius 1 is 1.31 bits per heavy atom. The van der Waals surface area contributed by atoms with E-state index in [4.69, 9.17) is 4.74 Å². The van der Waals surface area contributed by atoms with E-state index in [-0.39, 0.29) is 0 Å². The maximum absolute atomic E-state index is 5.05. The number of rotatable bonds is 1. The zero-order chi connectivity index (χ0) is 9.26. The maximum atomic E-state index is 5.05. The molecule has 1 aromatic carbocycles. The Hall–Kier alpha value is -1.57. The van der Waals surface area contributed by atoms with Crippen LogP contribution in [0.3, 0.4) is 0 Å². The third kappa shape index (κ3) is 1.35. The molecule has 0 unspecified atom stereocenters. The van der Waals surface area contributed by atoms with Crippen LogP contribution in [-0.4, -0.2) is 12.1 Å². The Balaban J connectivity index is 2.77. The summed E-state index contributed by atoms with van der Waals surface area (Å²) >= 11 is 0. The van der Waals surface area contributed by atoms with Crippen molar-refractivity contribution in [3.8, 4) is 5.88 Å². The second-order valence-electron chi connectivity index (χ2n) is 2.84. The highest BCUT2D eigenvalue weighted by Crippen LogP contribution is 2.20. The van der Waals surface area contributed by atoms with E-state index < -0.39 is 0 Å². The van der Waals surface area contributed by atoms with Gasteiger partial charge in [0.15, 0.2) is 0 Å². The van der Waals surface area contributed by atoms with Crippen LogP contribution in [0.15, 0.2) is 30.3 Å². The fourth-order valence-electron chi connectivity index (χ4n) is 1.33. The lowest BCUT2D eigenvalue weighted by Gasteiger charge is -2.04. The zero-order valence-electron chi connectivity index (χ0n) is 7.45. The molecule has 0 N–H and O–H groups in total. The van der Waals surface area contributed by atoms with Crippen molar-refractivity contribution in [1.29, 1.82) is 0 Å². The monoisotopic (exact) mass is 172 g/mol. The highest BCUT2D eigenvalue weighted by molar-refractivity contribution is 5.83. The Morgan fingerprint density at radius 2 is 2.08 bits per heavy atom. The molecule has 2 nitrogen and oxygen atoms in total. The first kappa shape index (κ1) is 8.05. The smallest absolute Gasteiger partial charge is 0.213 e. The summed E-state index contributed by atoms with van der Waals surface area (Å²) in [7, 11) is 1.61. The molecule has 0 saturated carbocycles. The lowest BCUT2D eigenvalue weighted by molar-refractivity contribution is 0.399. The molecule has 0 atom stereocenters. The Kier molecular flexibility index (Phi) is 1.89. The topological polar surface area (TPSA) is 22.1 Å². The summed E-state index contributed by atoms with van der Waals surface area (Å²) < 4.78 is 5.05. The molecule has 0 fully saturated rings. The minimum Gasteiger partial charge on any atom is -0.481 e. The molecule has 0 bridgehead atoms. The largest absolute Gasteiger partial charge is 0.481 e. The van der Waals surface area contributed by atoms with Crippen LogP contribution < -0.4 is 4.74 Å².